The minimum atomic E-state index is 0.891. The van der Waals surface area contributed by atoms with Gasteiger partial charge in [0.1, 0.15) is 0 Å². The van der Waals surface area contributed by atoms with Gasteiger partial charge in [-0.15, -0.1) is 0 Å². The third-order valence-corrected chi connectivity index (χ3v) is 4.12. The number of nitrogens with zero attached hydrogens (tertiary/aromatic N) is 2. The number of benzene rings is 1. The molecule has 0 amide bonds. The van der Waals surface area contributed by atoms with Crippen LogP contribution in [0.25, 0.3) is 10.2 Å². The number of fused-ring (bicyclic) bond motifs is 1. The van der Waals surface area contributed by atoms with Crippen molar-refractivity contribution in [1.82, 2.24) is 9.97 Å². The summed E-state index contributed by atoms with van der Waals surface area (Å²) < 4.78 is 2.13. The highest BCUT2D eigenvalue weighted by molar-refractivity contribution is 9.10. The Bertz CT molecular complexity index is 708. The number of halogens is 1. The Morgan fingerprint density at radius 2 is 2.17 bits per heavy atom. The van der Waals surface area contributed by atoms with Crippen molar-refractivity contribution < 1.29 is 0 Å². The van der Waals surface area contributed by atoms with Crippen molar-refractivity contribution in [2.75, 3.05) is 5.32 Å². The van der Waals surface area contributed by atoms with Crippen molar-refractivity contribution >= 4 is 48.3 Å². The summed E-state index contributed by atoms with van der Waals surface area (Å²) in [7, 11) is 0. The number of nitrogens with one attached hydrogen (secondary N) is 1. The van der Waals surface area contributed by atoms with Gasteiger partial charge in [0.2, 0.25) is 0 Å². The van der Waals surface area contributed by atoms with Crippen LogP contribution < -0.4 is 5.32 Å². The van der Waals surface area contributed by atoms with Crippen molar-refractivity contribution in [3.05, 3.63) is 46.7 Å². The van der Waals surface area contributed by atoms with Crippen LogP contribution in [-0.2, 0) is 0 Å². The van der Waals surface area contributed by atoms with Crippen LogP contribution in [0.4, 0.5) is 10.8 Å². The average Bonchev–Trinajstić information content (AvgIpc) is 2.73. The predicted octanol–water partition coefficient (Wildman–Crippen LogP) is 4.51. The molecule has 1 N–H and O–H groups in total. The van der Waals surface area contributed by atoms with Gasteiger partial charge in [-0.1, -0.05) is 17.4 Å². The summed E-state index contributed by atoms with van der Waals surface area (Å²) in [5, 5.41) is 4.19. The number of aromatic nitrogens is 2. The minimum absolute atomic E-state index is 0.891. The molecule has 0 bridgehead atoms. The lowest BCUT2D eigenvalue weighted by molar-refractivity contribution is 1.30. The van der Waals surface area contributed by atoms with E-state index in [0.717, 1.165) is 20.8 Å². The second-order valence-electron chi connectivity index (χ2n) is 3.97. The van der Waals surface area contributed by atoms with Gasteiger partial charge in [-0.25, -0.2) is 4.98 Å². The van der Waals surface area contributed by atoms with Gasteiger partial charge in [-0.05, 0) is 46.6 Å². The molecule has 0 saturated carbocycles. The topological polar surface area (TPSA) is 37.8 Å². The molecule has 0 fully saturated rings. The van der Waals surface area contributed by atoms with Gasteiger partial charge < -0.3 is 5.32 Å². The molecule has 0 spiro atoms. The molecule has 0 saturated heterocycles. The Hall–Kier alpha value is -1.46. The lowest BCUT2D eigenvalue weighted by atomic mass is 10.2. The Balaban J connectivity index is 1.98. The standard InChI is InChI=1S/C13H10BrN3S/c1-8-2-3-11-12(6-8)18-13(17-11)16-10-4-5-15-7-9(10)14/h2-7H,1H3,(H,15,16,17). The molecule has 18 heavy (non-hydrogen) atoms. The first-order valence-corrected chi connectivity index (χ1v) is 7.07. The lowest BCUT2D eigenvalue weighted by Gasteiger charge is -2.03. The van der Waals surface area contributed by atoms with E-state index < -0.39 is 0 Å². The summed E-state index contributed by atoms with van der Waals surface area (Å²) in [5.41, 5.74) is 3.25. The maximum Gasteiger partial charge on any atom is 0.188 e. The number of rotatable bonds is 2. The number of aryl methyl sites for hydroxylation is 1. The van der Waals surface area contributed by atoms with Gasteiger partial charge in [0.05, 0.1) is 20.4 Å². The zero-order chi connectivity index (χ0) is 12.5. The fourth-order valence-electron chi connectivity index (χ4n) is 1.68. The third kappa shape index (κ3) is 2.23. The van der Waals surface area contributed by atoms with Gasteiger partial charge in [0, 0.05) is 12.4 Å². The molecule has 1 aromatic carbocycles. The number of hydrogen-bond acceptors (Lipinski definition) is 4. The van der Waals surface area contributed by atoms with E-state index in [1.165, 1.54) is 10.3 Å². The molecule has 0 aliphatic rings. The molecular formula is C13H10BrN3S. The number of anilines is 2. The molecule has 90 valence electrons. The van der Waals surface area contributed by atoms with Crippen LogP contribution in [0, 0.1) is 6.92 Å². The molecule has 2 heterocycles. The van der Waals surface area contributed by atoms with Crippen LogP contribution in [0.15, 0.2) is 41.1 Å². The van der Waals surface area contributed by atoms with Gasteiger partial charge >= 0.3 is 0 Å². The largest absolute Gasteiger partial charge is 0.330 e. The summed E-state index contributed by atoms with van der Waals surface area (Å²) in [4.78, 5) is 8.59. The maximum atomic E-state index is 4.56. The normalized spacial score (nSPS) is 10.8. The van der Waals surface area contributed by atoms with E-state index in [-0.39, 0.29) is 0 Å². The summed E-state index contributed by atoms with van der Waals surface area (Å²) in [6, 6.07) is 8.20. The maximum absolute atomic E-state index is 4.56. The minimum Gasteiger partial charge on any atom is -0.330 e. The average molecular weight is 320 g/mol. The van der Waals surface area contributed by atoms with E-state index in [0.29, 0.717) is 0 Å². The zero-order valence-corrected chi connectivity index (χ0v) is 12.0. The highest BCUT2D eigenvalue weighted by atomic mass is 79.9. The van der Waals surface area contributed by atoms with Gasteiger partial charge in [-0.2, -0.15) is 0 Å². The first-order valence-electron chi connectivity index (χ1n) is 5.46. The van der Waals surface area contributed by atoms with Gasteiger partial charge in [-0.3, -0.25) is 4.98 Å². The highest BCUT2D eigenvalue weighted by Gasteiger charge is 2.05. The fourth-order valence-corrected chi connectivity index (χ4v) is 3.00. The first-order chi connectivity index (χ1) is 8.72. The van der Waals surface area contributed by atoms with Crippen LogP contribution in [0.1, 0.15) is 5.56 Å². The summed E-state index contributed by atoms with van der Waals surface area (Å²) in [5.74, 6) is 0. The van der Waals surface area contributed by atoms with Crippen molar-refractivity contribution in [3.8, 4) is 0 Å². The van der Waals surface area contributed by atoms with Crippen LogP contribution in [0.2, 0.25) is 0 Å². The van der Waals surface area contributed by atoms with Crippen molar-refractivity contribution in [1.29, 1.82) is 0 Å². The molecule has 0 atom stereocenters. The molecule has 0 aliphatic heterocycles. The Morgan fingerprint density at radius 3 is 3.00 bits per heavy atom. The second kappa shape index (κ2) is 4.66. The Kier molecular flexibility index (Phi) is 3.01. The lowest BCUT2D eigenvalue weighted by Crippen LogP contribution is -1.90. The third-order valence-electron chi connectivity index (χ3n) is 2.56. The molecule has 3 aromatic rings. The Labute approximate surface area is 117 Å². The Morgan fingerprint density at radius 1 is 1.28 bits per heavy atom. The van der Waals surface area contributed by atoms with Crippen LogP contribution in [0.5, 0.6) is 0 Å². The molecular weight excluding hydrogens is 310 g/mol. The molecule has 0 radical (unpaired) electrons. The molecule has 3 rings (SSSR count). The quantitative estimate of drug-likeness (QED) is 0.755. The molecule has 5 heteroatoms. The first kappa shape index (κ1) is 11.6. The summed E-state index contributed by atoms with van der Waals surface area (Å²) in [6.07, 6.45) is 3.52. The van der Waals surface area contributed by atoms with Crippen LogP contribution in [-0.4, -0.2) is 9.97 Å². The van der Waals surface area contributed by atoms with Gasteiger partial charge in [0.15, 0.2) is 5.13 Å². The number of thiazole rings is 1. The van der Waals surface area contributed by atoms with E-state index in [9.17, 15) is 0 Å². The van der Waals surface area contributed by atoms with Gasteiger partial charge in [0.25, 0.3) is 0 Å². The van der Waals surface area contributed by atoms with E-state index in [1.54, 1.807) is 23.7 Å². The van der Waals surface area contributed by atoms with Crippen molar-refractivity contribution in [2.45, 2.75) is 6.92 Å². The number of hydrogen-bond donors (Lipinski definition) is 1. The predicted molar refractivity (Wildman–Crippen MR) is 79.6 cm³/mol. The molecule has 0 aliphatic carbocycles. The molecule has 3 nitrogen and oxygen atoms in total. The SMILES string of the molecule is Cc1ccc2nc(Nc3ccncc3Br)sc2c1. The van der Waals surface area contributed by atoms with Crippen LogP contribution >= 0.6 is 27.3 Å². The smallest absolute Gasteiger partial charge is 0.188 e. The zero-order valence-electron chi connectivity index (χ0n) is 9.64. The van der Waals surface area contributed by atoms with Crippen LogP contribution in [0.3, 0.4) is 0 Å². The van der Waals surface area contributed by atoms with Crippen molar-refractivity contribution in [3.63, 3.8) is 0 Å². The summed E-state index contributed by atoms with van der Waals surface area (Å²) in [6.45, 7) is 2.09. The van der Waals surface area contributed by atoms with E-state index in [1.807, 2.05) is 12.1 Å². The molecule has 2 aromatic heterocycles. The van der Waals surface area contributed by atoms with E-state index in [4.69, 9.17) is 0 Å². The second-order valence-corrected chi connectivity index (χ2v) is 5.86. The number of pyridine rings is 1. The fraction of sp³-hybridized carbons (Fsp3) is 0.0769. The van der Waals surface area contributed by atoms with E-state index in [2.05, 4.69) is 50.3 Å². The highest BCUT2D eigenvalue weighted by Crippen LogP contribution is 2.31. The van der Waals surface area contributed by atoms with E-state index >= 15 is 0 Å². The summed E-state index contributed by atoms with van der Waals surface area (Å²) >= 11 is 5.11. The monoisotopic (exact) mass is 319 g/mol. The van der Waals surface area contributed by atoms with Crippen molar-refractivity contribution in [2.24, 2.45) is 0 Å². The molecule has 0 unspecified atom stereocenters.